The molecule has 0 N–H and O–H groups in total. The molecule has 26 heavy (non-hydrogen) atoms. The van der Waals surface area contributed by atoms with Crippen molar-refractivity contribution in [2.45, 2.75) is 0 Å². The SMILES string of the molecule is COc1ccccc1N1CCN(C(=O)COC(=O)c2cccn2C)CC1. The minimum absolute atomic E-state index is 0.174. The van der Waals surface area contributed by atoms with Gasteiger partial charge in [-0.15, -0.1) is 0 Å². The number of methoxy groups -OCH3 is 1. The number of esters is 1. The predicted molar refractivity (Wildman–Crippen MR) is 97.5 cm³/mol. The predicted octanol–water partition coefficient (Wildman–Crippen LogP) is 1.54. The Labute approximate surface area is 152 Å². The zero-order chi connectivity index (χ0) is 18.5. The van der Waals surface area contributed by atoms with E-state index in [-0.39, 0.29) is 12.5 Å². The Morgan fingerprint density at radius 3 is 2.42 bits per heavy atom. The summed E-state index contributed by atoms with van der Waals surface area (Å²) in [6.07, 6.45) is 1.76. The van der Waals surface area contributed by atoms with Gasteiger partial charge in [-0.05, 0) is 24.3 Å². The van der Waals surface area contributed by atoms with Gasteiger partial charge in [0.1, 0.15) is 11.4 Å². The number of amides is 1. The summed E-state index contributed by atoms with van der Waals surface area (Å²) in [5.74, 6) is 0.162. The summed E-state index contributed by atoms with van der Waals surface area (Å²) in [6, 6.07) is 11.3. The van der Waals surface area contributed by atoms with E-state index in [4.69, 9.17) is 9.47 Å². The van der Waals surface area contributed by atoms with Crippen molar-refractivity contribution in [3.8, 4) is 5.75 Å². The van der Waals surface area contributed by atoms with Crippen molar-refractivity contribution in [1.29, 1.82) is 0 Å². The van der Waals surface area contributed by atoms with Crippen LogP contribution < -0.4 is 9.64 Å². The van der Waals surface area contributed by atoms with Gasteiger partial charge in [-0.25, -0.2) is 4.79 Å². The third-order valence-corrected chi connectivity index (χ3v) is 4.54. The van der Waals surface area contributed by atoms with E-state index in [0.717, 1.165) is 11.4 Å². The number of anilines is 1. The highest BCUT2D eigenvalue weighted by Gasteiger charge is 2.24. The molecule has 7 nitrogen and oxygen atoms in total. The zero-order valence-electron chi connectivity index (χ0n) is 15.1. The van der Waals surface area contributed by atoms with Gasteiger partial charge in [-0.3, -0.25) is 4.79 Å². The van der Waals surface area contributed by atoms with Crippen LogP contribution in [0.2, 0.25) is 0 Å². The number of aromatic nitrogens is 1. The third-order valence-electron chi connectivity index (χ3n) is 4.54. The van der Waals surface area contributed by atoms with Gasteiger partial charge in [0.25, 0.3) is 5.91 Å². The lowest BCUT2D eigenvalue weighted by Gasteiger charge is -2.36. The lowest BCUT2D eigenvalue weighted by atomic mass is 10.2. The molecule has 0 radical (unpaired) electrons. The van der Waals surface area contributed by atoms with Crippen molar-refractivity contribution in [2.75, 3.05) is 44.8 Å². The summed E-state index contributed by atoms with van der Waals surface area (Å²) in [5.41, 5.74) is 1.45. The maximum Gasteiger partial charge on any atom is 0.355 e. The highest BCUT2D eigenvalue weighted by Crippen LogP contribution is 2.28. The first-order valence-electron chi connectivity index (χ1n) is 8.54. The highest BCUT2D eigenvalue weighted by molar-refractivity contribution is 5.90. The maximum atomic E-state index is 12.3. The Bertz CT molecular complexity index is 779. The average Bonchev–Trinajstić information content (AvgIpc) is 3.12. The van der Waals surface area contributed by atoms with E-state index in [1.165, 1.54) is 0 Å². The molecule has 0 spiro atoms. The standard InChI is InChI=1S/C19H23N3O4/c1-20-9-5-7-16(20)19(24)26-14-18(23)22-12-10-21(11-13-22)15-6-3-4-8-17(15)25-2/h3-9H,10-14H2,1-2H3. The lowest BCUT2D eigenvalue weighted by Crippen LogP contribution is -2.50. The van der Waals surface area contributed by atoms with Crippen molar-refractivity contribution in [3.63, 3.8) is 0 Å². The molecule has 138 valence electrons. The average molecular weight is 357 g/mol. The van der Waals surface area contributed by atoms with Gasteiger partial charge in [0.05, 0.1) is 12.8 Å². The second-order valence-electron chi connectivity index (χ2n) is 6.12. The number of hydrogen-bond donors (Lipinski definition) is 0. The minimum Gasteiger partial charge on any atom is -0.495 e. The number of carbonyl (C=O) groups is 2. The molecular weight excluding hydrogens is 334 g/mol. The fourth-order valence-corrected chi connectivity index (χ4v) is 3.05. The van der Waals surface area contributed by atoms with E-state index in [2.05, 4.69) is 4.90 Å². The Hall–Kier alpha value is -2.96. The van der Waals surface area contributed by atoms with Gasteiger partial charge < -0.3 is 23.8 Å². The molecule has 0 atom stereocenters. The van der Waals surface area contributed by atoms with E-state index >= 15 is 0 Å². The topological polar surface area (TPSA) is 64.0 Å². The van der Waals surface area contributed by atoms with E-state index in [0.29, 0.717) is 31.9 Å². The van der Waals surface area contributed by atoms with Crippen LogP contribution in [-0.2, 0) is 16.6 Å². The molecule has 1 saturated heterocycles. The molecule has 2 aromatic rings. The molecule has 1 aliphatic rings. The van der Waals surface area contributed by atoms with Crippen LogP contribution in [0.15, 0.2) is 42.6 Å². The molecule has 1 fully saturated rings. The fourth-order valence-electron chi connectivity index (χ4n) is 3.05. The van der Waals surface area contributed by atoms with Crippen molar-refractivity contribution >= 4 is 17.6 Å². The second kappa shape index (κ2) is 7.95. The van der Waals surface area contributed by atoms with Gasteiger partial charge in [-0.2, -0.15) is 0 Å². The van der Waals surface area contributed by atoms with Crippen LogP contribution in [0.4, 0.5) is 5.69 Å². The largest absolute Gasteiger partial charge is 0.495 e. The summed E-state index contributed by atoms with van der Waals surface area (Å²) in [7, 11) is 3.41. The molecule has 0 bridgehead atoms. The summed E-state index contributed by atoms with van der Waals surface area (Å²) in [6.45, 7) is 2.34. The first-order chi connectivity index (χ1) is 12.6. The van der Waals surface area contributed by atoms with Gasteiger partial charge in [-0.1, -0.05) is 12.1 Å². The molecule has 1 aromatic heterocycles. The molecule has 3 rings (SSSR count). The number of aryl methyl sites for hydroxylation is 1. The van der Waals surface area contributed by atoms with Crippen LogP contribution in [0.1, 0.15) is 10.5 Å². The molecule has 1 aromatic carbocycles. The molecule has 1 amide bonds. The van der Waals surface area contributed by atoms with Crippen molar-refractivity contribution in [3.05, 3.63) is 48.3 Å². The Morgan fingerprint density at radius 1 is 1.04 bits per heavy atom. The Morgan fingerprint density at radius 2 is 1.77 bits per heavy atom. The second-order valence-corrected chi connectivity index (χ2v) is 6.12. The number of nitrogens with zero attached hydrogens (tertiary/aromatic N) is 3. The number of piperazine rings is 1. The number of para-hydroxylation sites is 2. The van der Waals surface area contributed by atoms with Crippen molar-refractivity contribution in [1.82, 2.24) is 9.47 Å². The Kier molecular flexibility index (Phi) is 5.46. The molecule has 7 heteroatoms. The van der Waals surface area contributed by atoms with Crippen LogP contribution >= 0.6 is 0 Å². The summed E-state index contributed by atoms with van der Waals surface area (Å²) < 4.78 is 12.2. The number of ether oxygens (including phenoxy) is 2. The van der Waals surface area contributed by atoms with Crippen LogP contribution in [0, 0.1) is 0 Å². The first-order valence-corrected chi connectivity index (χ1v) is 8.54. The van der Waals surface area contributed by atoms with E-state index in [9.17, 15) is 9.59 Å². The van der Waals surface area contributed by atoms with Gasteiger partial charge in [0.2, 0.25) is 0 Å². The van der Waals surface area contributed by atoms with Gasteiger partial charge in [0, 0.05) is 39.4 Å². The zero-order valence-corrected chi connectivity index (χ0v) is 15.1. The lowest BCUT2D eigenvalue weighted by molar-refractivity contribution is -0.134. The van der Waals surface area contributed by atoms with Crippen LogP contribution in [0.3, 0.4) is 0 Å². The van der Waals surface area contributed by atoms with Gasteiger partial charge in [0.15, 0.2) is 6.61 Å². The fraction of sp³-hybridized carbons (Fsp3) is 0.368. The van der Waals surface area contributed by atoms with Gasteiger partial charge >= 0.3 is 5.97 Å². The number of carbonyl (C=O) groups excluding carboxylic acids is 2. The monoisotopic (exact) mass is 357 g/mol. The molecule has 1 aliphatic heterocycles. The van der Waals surface area contributed by atoms with Crippen molar-refractivity contribution < 1.29 is 19.1 Å². The smallest absolute Gasteiger partial charge is 0.355 e. The highest BCUT2D eigenvalue weighted by atomic mass is 16.5. The van der Waals surface area contributed by atoms with Crippen LogP contribution in [-0.4, -0.2) is 61.2 Å². The molecule has 0 aliphatic carbocycles. The number of benzene rings is 1. The molecular formula is C19H23N3O4. The quantitative estimate of drug-likeness (QED) is 0.760. The molecule has 2 heterocycles. The maximum absolute atomic E-state index is 12.3. The third kappa shape index (κ3) is 3.82. The van der Waals surface area contributed by atoms with Crippen LogP contribution in [0.25, 0.3) is 0 Å². The Balaban J connectivity index is 1.51. The first kappa shape index (κ1) is 17.8. The number of hydrogen-bond acceptors (Lipinski definition) is 5. The summed E-state index contributed by atoms with van der Waals surface area (Å²) in [4.78, 5) is 28.2. The molecule has 0 unspecified atom stereocenters. The van der Waals surface area contributed by atoms with E-state index in [1.807, 2.05) is 24.3 Å². The normalized spacial score (nSPS) is 14.2. The van der Waals surface area contributed by atoms with E-state index < -0.39 is 5.97 Å². The van der Waals surface area contributed by atoms with E-state index in [1.54, 1.807) is 42.0 Å². The summed E-state index contributed by atoms with van der Waals surface area (Å²) in [5, 5.41) is 0. The van der Waals surface area contributed by atoms with Crippen LogP contribution in [0.5, 0.6) is 5.75 Å². The number of rotatable bonds is 5. The summed E-state index contributed by atoms with van der Waals surface area (Å²) >= 11 is 0. The van der Waals surface area contributed by atoms with Crippen molar-refractivity contribution in [2.24, 2.45) is 7.05 Å². The molecule has 0 saturated carbocycles. The minimum atomic E-state index is -0.487.